The molecule has 2 fully saturated rings. The Morgan fingerprint density at radius 3 is 2.71 bits per heavy atom. The van der Waals surface area contributed by atoms with Crippen LogP contribution in [0.4, 0.5) is 10.6 Å². The molecule has 130 valence electrons. The fraction of sp³-hybridized carbons (Fsp3) is 0.625. The monoisotopic (exact) mass is 334 g/mol. The summed E-state index contributed by atoms with van der Waals surface area (Å²) in [4.78, 5) is 35.8. The number of hydrogen-bond donors (Lipinski definition) is 0. The van der Waals surface area contributed by atoms with Crippen LogP contribution in [0.2, 0.25) is 0 Å². The number of cyclic esters (lactones) is 1. The molecule has 0 saturated carbocycles. The molecule has 0 bridgehead atoms. The van der Waals surface area contributed by atoms with E-state index in [9.17, 15) is 9.59 Å². The molecule has 8 heteroatoms. The minimum atomic E-state index is -0.364. The molecule has 2 amide bonds. The molecule has 2 saturated heterocycles. The number of aromatic nitrogens is 2. The van der Waals surface area contributed by atoms with E-state index in [0.29, 0.717) is 24.9 Å². The average molecular weight is 334 g/mol. The first kappa shape index (κ1) is 16.6. The molecule has 2 aliphatic heterocycles. The Morgan fingerprint density at radius 2 is 2.04 bits per heavy atom. The van der Waals surface area contributed by atoms with Crippen LogP contribution in [0.25, 0.3) is 0 Å². The Hall–Kier alpha value is -2.22. The number of amides is 2. The third-order valence-electron chi connectivity index (χ3n) is 4.49. The van der Waals surface area contributed by atoms with E-state index in [1.54, 1.807) is 17.3 Å². The van der Waals surface area contributed by atoms with Gasteiger partial charge in [0.2, 0.25) is 5.91 Å². The zero-order valence-electron chi connectivity index (χ0n) is 13.8. The molecule has 0 radical (unpaired) electrons. The molecule has 0 spiro atoms. The van der Waals surface area contributed by atoms with E-state index in [1.165, 1.54) is 7.11 Å². The maximum atomic E-state index is 11.8. The number of methoxy groups -OCH3 is 1. The number of likely N-dealkylation sites (tertiary alicyclic amines) is 1. The zero-order chi connectivity index (χ0) is 16.9. The van der Waals surface area contributed by atoms with E-state index in [4.69, 9.17) is 9.47 Å². The van der Waals surface area contributed by atoms with Gasteiger partial charge in [-0.3, -0.25) is 14.7 Å². The number of piperidine rings is 1. The van der Waals surface area contributed by atoms with Gasteiger partial charge in [0.15, 0.2) is 5.82 Å². The van der Waals surface area contributed by atoms with Crippen molar-refractivity contribution in [2.45, 2.75) is 19.3 Å². The fourth-order valence-corrected chi connectivity index (χ4v) is 3.19. The lowest BCUT2D eigenvalue weighted by atomic mass is 9.92. The molecule has 0 N–H and O–H groups in total. The highest BCUT2D eigenvalue weighted by atomic mass is 16.6. The summed E-state index contributed by atoms with van der Waals surface area (Å²) in [5, 5.41) is 0. The molecule has 1 aromatic rings. The molecule has 0 aliphatic carbocycles. The van der Waals surface area contributed by atoms with Crippen molar-refractivity contribution in [1.29, 1.82) is 0 Å². The minimum absolute atomic E-state index is 0.0379. The van der Waals surface area contributed by atoms with Crippen LogP contribution in [0.15, 0.2) is 12.4 Å². The van der Waals surface area contributed by atoms with Crippen molar-refractivity contribution in [2.75, 3.05) is 44.9 Å². The lowest BCUT2D eigenvalue weighted by Gasteiger charge is -2.32. The predicted molar refractivity (Wildman–Crippen MR) is 85.6 cm³/mol. The van der Waals surface area contributed by atoms with Crippen LogP contribution in [0.1, 0.15) is 18.5 Å². The summed E-state index contributed by atoms with van der Waals surface area (Å²) >= 11 is 0. The van der Waals surface area contributed by atoms with E-state index in [-0.39, 0.29) is 18.6 Å². The van der Waals surface area contributed by atoms with Crippen LogP contribution in [0.3, 0.4) is 0 Å². The predicted octanol–water partition coefficient (Wildman–Crippen LogP) is 0.861. The lowest BCUT2D eigenvalue weighted by molar-refractivity contribution is -0.136. The quantitative estimate of drug-likeness (QED) is 0.794. The molecule has 0 unspecified atom stereocenters. The highest BCUT2D eigenvalue weighted by molar-refractivity contribution is 5.88. The second-order valence-corrected chi connectivity index (χ2v) is 6.05. The maximum Gasteiger partial charge on any atom is 0.415 e. The molecule has 3 heterocycles. The second kappa shape index (κ2) is 7.57. The first-order valence-electron chi connectivity index (χ1n) is 8.20. The minimum Gasteiger partial charge on any atom is -0.447 e. The number of carbonyl (C=O) groups excluding carboxylic acids is 2. The Balaban J connectivity index is 1.61. The highest BCUT2D eigenvalue weighted by Crippen LogP contribution is 2.26. The van der Waals surface area contributed by atoms with Crippen LogP contribution in [0.5, 0.6) is 0 Å². The van der Waals surface area contributed by atoms with Gasteiger partial charge in [0.1, 0.15) is 13.2 Å². The van der Waals surface area contributed by atoms with Crippen molar-refractivity contribution < 1.29 is 19.1 Å². The molecule has 2 aliphatic rings. The second-order valence-electron chi connectivity index (χ2n) is 6.05. The van der Waals surface area contributed by atoms with E-state index in [0.717, 1.165) is 38.0 Å². The fourth-order valence-electron chi connectivity index (χ4n) is 3.19. The van der Waals surface area contributed by atoms with E-state index < -0.39 is 0 Å². The standard InChI is InChI=1S/C16H22N4O4/c1-23-11-14(21)19-6-2-12(3-7-19)10-13-15(18-5-4-17-13)20-8-9-24-16(20)22/h4-5,12H,2-3,6-11H2,1H3. The van der Waals surface area contributed by atoms with Gasteiger partial charge < -0.3 is 14.4 Å². The van der Waals surface area contributed by atoms with Crippen molar-refractivity contribution in [2.24, 2.45) is 5.92 Å². The Morgan fingerprint density at radius 1 is 1.29 bits per heavy atom. The van der Waals surface area contributed by atoms with Crippen molar-refractivity contribution in [3.63, 3.8) is 0 Å². The van der Waals surface area contributed by atoms with Gasteiger partial charge in [-0.2, -0.15) is 0 Å². The van der Waals surface area contributed by atoms with Gasteiger partial charge >= 0.3 is 6.09 Å². The lowest BCUT2D eigenvalue weighted by Crippen LogP contribution is -2.40. The van der Waals surface area contributed by atoms with E-state index in [2.05, 4.69) is 9.97 Å². The van der Waals surface area contributed by atoms with Crippen LogP contribution < -0.4 is 4.90 Å². The van der Waals surface area contributed by atoms with Crippen molar-refractivity contribution in [3.8, 4) is 0 Å². The number of anilines is 1. The topological polar surface area (TPSA) is 84.9 Å². The third kappa shape index (κ3) is 3.64. The molecule has 3 rings (SSSR count). The van der Waals surface area contributed by atoms with E-state index in [1.807, 2.05) is 4.90 Å². The number of hydrogen-bond acceptors (Lipinski definition) is 6. The molecule has 1 aromatic heterocycles. The smallest absolute Gasteiger partial charge is 0.415 e. The Kier molecular flexibility index (Phi) is 5.24. The first-order chi connectivity index (χ1) is 11.7. The maximum absolute atomic E-state index is 11.8. The van der Waals surface area contributed by atoms with Gasteiger partial charge in [0, 0.05) is 32.6 Å². The summed E-state index contributed by atoms with van der Waals surface area (Å²) in [5.74, 6) is 1.06. The number of nitrogens with zero attached hydrogens (tertiary/aromatic N) is 4. The molecule has 0 atom stereocenters. The van der Waals surface area contributed by atoms with Gasteiger partial charge in [-0.25, -0.2) is 9.78 Å². The summed E-state index contributed by atoms with van der Waals surface area (Å²) in [6, 6.07) is 0. The number of rotatable bonds is 5. The Labute approximate surface area is 140 Å². The largest absolute Gasteiger partial charge is 0.447 e. The van der Waals surface area contributed by atoms with Gasteiger partial charge in [-0.1, -0.05) is 0 Å². The van der Waals surface area contributed by atoms with Gasteiger partial charge in [0.25, 0.3) is 0 Å². The molecular formula is C16H22N4O4. The number of ether oxygens (including phenoxy) is 2. The zero-order valence-corrected chi connectivity index (χ0v) is 13.8. The molecule has 24 heavy (non-hydrogen) atoms. The first-order valence-corrected chi connectivity index (χ1v) is 8.20. The Bertz CT molecular complexity index is 601. The summed E-state index contributed by atoms with van der Waals surface area (Å²) in [6.45, 7) is 2.49. The van der Waals surface area contributed by atoms with Gasteiger partial charge in [0.05, 0.1) is 12.2 Å². The van der Waals surface area contributed by atoms with Crippen molar-refractivity contribution in [1.82, 2.24) is 14.9 Å². The third-order valence-corrected chi connectivity index (χ3v) is 4.49. The summed E-state index contributed by atoms with van der Waals surface area (Å²) < 4.78 is 9.89. The summed E-state index contributed by atoms with van der Waals surface area (Å²) in [7, 11) is 1.53. The molecule has 8 nitrogen and oxygen atoms in total. The van der Waals surface area contributed by atoms with Crippen molar-refractivity contribution >= 4 is 17.8 Å². The van der Waals surface area contributed by atoms with E-state index >= 15 is 0 Å². The van der Waals surface area contributed by atoms with Gasteiger partial charge in [-0.05, 0) is 25.2 Å². The van der Waals surface area contributed by atoms with Crippen LogP contribution >= 0.6 is 0 Å². The molecule has 0 aromatic carbocycles. The van der Waals surface area contributed by atoms with Crippen molar-refractivity contribution in [3.05, 3.63) is 18.1 Å². The SMILES string of the molecule is COCC(=O)N1CCC(Cc2nccnc2N2CCOC2=O)CC1. The van der Waals surface area contributed by atoms with Crippen LogP contribution in [-0.4, -0.2) is 66.8 Å². The van der Waals surface area contributed by atoms with Gasteiger partial charge in [-0.15, -0.1) is 0 Å². The normalized spacial score (nSPS) is 18.8. The summed E-state index contributed by atoms with van der Waals surface area (Å²) in [5.41, 5.74) is 0.818. The molecular weight excluding hydrogens is 312 g/mol. The highest BCUT2D eigenvalue weighted by Gasteiger charge is 2.29. The summed E-state index contributed by atoms with van der Waals surface area (Å²) in [6.07, 6.45) is 5.45. The van der Waals surface area contributed by atoms with Crippen LogP contribution in [0, 0.1) is 5.92 Å². The number of carbonyl (C=O) groups is 2. The average Bonchev–Trinajstić information content (AvgIpc) is 3.02. The van der Waals surface area contributed by atoms with Crippen LogP contribution in [-0.2, 0) is 20.7 Å².